The third-order valence-corrected chi connectivity index (χ3v) is 4.38. The van der Waals surface area contributed by atoms with Crippen molar-refractivity contribution in [1.82, 2.24) is 15.3 Å². The van der Waals surface area contributed by atoms with Crippen LogP contribution in [-0.2, 0) is 28.8 Å². The standard InChI is InChI=1S/C21H35N3O7/c1-5-6-14-23(15-8-13-22-20(29)30-21(2,3)4)16(25)9-7-10-19(28)31-24-17(26)11-12-18(24)27/h5-15H2,1-4H3,(H,22,29). The molecule has 0 saturated carbocycles. The number of ether oxygens (including phenoxy) is 1. The Balaban J connectivity index is 2.35. The summed E-state index contributed by atoms with van der Waals surface area (Å²) < 4.78 is 5.17. The van der Waals surface area contributed by atoms with Crippen LogP contribution in [0.3, 0.4) is 0 Å². The molecule has 1 N–H and O–H groups in total. The molecule has 0 aromatic rings. The molecule has 176 valence electrons. The smallest absolute Gasteiger partial charge is 0.407 e. The number of hydrogen-bond donors (Lipinski definition) is 1. The lowest BCUT2D eigenvalue weighted by Crippen LogP contribution is -2.36. The van der Waals surface area contributed by atoms with E-state index in [0.717, 1.165) is 12.8 Å². The number of hydroxylamine groups is 2. The first-order chi connectivity index (χ1) is 14.5. The van der Waals surface area contributed by atoms with Crippen molar-refractivity contribution in [2.75, 3.05) is 19.6 Å². The van der Waals surface area contributed by atoms with E-state index in [1.165, 1.54) is 0 Å². The minimum absolute atomic E-state index is 0.0414. The zero-order chi connectivity index (χ0) is 23.4. The lowest BCUT2D eigenvalue weighted by Gasteiger charge is -2.23. The summed E-state index contributed by atoms with van der Waals surface area (Å²) in [5, 5.41) is 3.18. The van der Waals surface area contributed by atoms with Crippen LogP contribution in [0.2, 0.25) is 0 Å². The molecular formula is C21H35N3O7. The van der Waals surface area contributed by atoms with E-state index in [-0.39, 0.29) is 38.0 Å². The summed E-state index contributed by atoms with van der Waals surface area (Å²) in [7, 11) is 0. The molecule has 10 nitrogen and oxygen atoms in total. The Labute approximate surface area is 183 Å². The first kappa shape index (κ1) is 26.4. The average molecular weight is 442 g/mol. The molecule has 1 heterocycles. The molecule has 1 fully saturated rings. The number of carbonyl (C=O) groups excluding carboxylic acids is 5. The normalized spacial score (nSPS) is 13.9. The second kappa shape index (κ2) is 12.9. The maximum absolute atomic E-state index is 12.5. The van der Waals surface area contributed by atoms with Gasteiger partial charge in [-0.2, -0.15) is 0 Å². The second-order valence-electron chi connectivity index (χ2n) is 8.42. The molecule has 0 unspecified atom stereocenters. The minimum atomic E-state index is -0.710. The van der Waals surface area contributed by atoms with Gasteiger partial charge < -0.3 is 19.8 Å². The van der Waals surface area contributed by atoms with Crippen LogP contribution in [0, 0.1) is 0 Å². The summed E-state index contributed by atoms with van der Waals surface area (Å²) in [6, 6.07) is 0. The minimum Gasteiger partial charge on any atom is -0.444 e. The summed E-state index contributed by atoms with van der Waals surface area (Å²) in [5.41, 5.74) is -0.566. The van der Waals surface area contributed by atoms with Gasteiger partial charge in [0, 0.05) is 45.3 Å². The van der Waals surface area contributed by atoms with Crippen molar-refractivity contribution >= 4 is 29.8 Å². The predicted molar refractivity (Wildman–Crippen MR) is 111 cm³/mol. The van der Waals surface area contributed by atoms with Crippen molar-refractivity contribution in [3.63, 3.8) is 0 Å². The molecule has 31 heavy (non-hydrogen) atoms. The zero-order valence-electron chi connectivity index (χ0n) is 19.0. The maximum atomic E-state index is 12.5. The van der Waals surface area contributed by atoms with E-state index in [0.29, 0.717) is 31.1 Å². The van der Waals surface area contributed by atoms with Gasteiger partial charge in [-0.3, -0.25) is 14.4 Å². The highest BCUT2D eigenvalue weighted by atomic mass is 16.7. The molecule has 0 spiro atoms. The topological polar surface area (TPSA) is 122 Å². The fourth-order valence-electron chi connectivity index (χ4n) is 2.83. The van der Waals surface area contributed by atoms with Gasteiger partial charge in [-0.05, 0) is 40.0 Å². The summed E-state index contributed by atoms with van der Waals surface area (Å²) in [5.74, 6) is -1.86. The Bertz CT molecular complexity index is 642. The first-order valence-electron chi connectivity index (χ1n) is 10.8. The maximum Gasteiger partial charge on any atom is 0.407 e. The highest BCUT2D eigenvalue weighted by molar-refractivity contribution is 6.01. The van der Waals surface area contributed by atoms with E-state index in [9.17, 15) is 24.0 Å². The Morgan fingerprint density at radius 3 is 2.19 bits per heavy atom. The van der Waals surface area contributed by atoms with Crippen molar-refractivity contribution in [2.45, 2.75) is 84.7 Å². The third-order valence-electron chi connectivity index (χ3n) is 4.38. The van der Waals surface area contributed by atoms with Crippen LogP contribution in [0.4, 0.5) is 4.79 Å². The Morgan fingerprint density at radius 2 is 1.61 bits per heavy atom. The summed E-state index contributed by atoms with van der Waals surface area (Å²) in [6.07, 6.45) is 2.30. The zero-order valence-corrected chi connectivity index (χ0v) is 19.0. The van der Waals surface area contributed by atoms with Crippen LogP contribution in [0.5, 0.6) is 0 Å². The summed E-state index contributed by atoms with van der Waals surface area (Å²) >= 11 is 0. The number of rotatable bonds is 12. The number of unbranched alkanes of at least 4 members (excludes halogenated alkanes) is 1. The van der Waals surface area contributed by atoms with E-state index in [1.54, 1.807) is 25.7 Å². The van der Waals surface area contributed by atoms with Gasteiger partial charge in [0.25, 0.3) is 11.8 Å². The molecule has 1 aliphatic heterocycles. The highest BCUT2D eigenvalue weighted by Crippen LogP contribution is 2.13. The third kappa shape index (κ3) is 10.8. The van der Waals surface area contributed by atoms with E-state index in [2.05, 4.69) is 5.32 Å². The lowest BCUT2D eigenvalue weighted by molar-refractivity contribution is -0.197. The van der Waals surface area contributed by atoms with Gasteiger partial charge in [-0.25, -0.2) is 9.59 Å². The fourth-order valence-corrected chi connectivity index (χ4v) is 2.83. The van der Waals surface area contributed by atoms with Crippen LogP contribution in [-0.4, -0.2) is 65.0 Å². The summed E-state index contributed by atoms with van der Waals surface area (Å²) in [6.45, 7) is 8.86. The number of alkyl carbamates (subject to hydrolysis) is 1. The van der Waals surface area contributed by atoms with Gasteiger partial charge in [0.2, 0.25) is 5.91 Å². The second-order valence-corrected chi connectivity index (χ2v) is 8.42. The van der Waals surface area contributed by atoms with E-state index in [1.807, 2.05) is 6.92 Å². The van der Waals surface area contributed by atoms with Crippen LogP contribution in [0.1, 0.15) is 79.1 Å². The average Bonchev–Trinajstić information content (AvgIpc) is 2.97. The van der Waals surface area contributed by atoms with Crippen LogP contribution in [0.25, 0.3) is 0 Å². The number of imide groups is 1. The van der Waals surface area contributed by atoms with Crippen LogP contribution < -0.4 is 5.32 Å². The molecular weight excluding hydrogens is 406 g/mol. The molecule has 0 bridgehead atoms. The van der Waals surface area contributed by atoms with Crippen molar-refractivity contribution in [2.24, 2.45) is 0 Å². The number of carbonyl (C=O) groups is 5. The van der Waals surface area contributed by atoms with Gasteiger partial charge in [0.05, 0.1) is 0 Å². The largest absolute Gasteiger partial charge is 0.444 e. The van der Waals surface area contributed by atoms with Crippen molar-refractivity contribution in [1.29, 1.82) is 0 Å². The monoisotopic (exact) mass is 441 g/mol. The Hall–Kier alpha value is -2.65. The number of hydrogen-bond acceptors (Lipinski definition) is 7. The quantitative estimate of drug-likeness (QED) is 0.364. The van der Waals surface area contributed by atoms with Crippen molar-refractivity contribution in [3.05, 3.63) is 0 Å². The molecule has 0 aliphatic carbocycles. The van der Waals surface area contributed by atoms with Gasteiger partial charge in [0.15, 0.2) is 0 Å². The Kier molecular flexibility index (Phi) is 11.0. The van der Waals surface area contributed by atoms with Crippen LogP contribution in [0.15, 0.2) is 0 Å². The molecule has 1 saturated heterocycles. The fraction of sp³-hybridized carbons (Fsp3) is 0.762. The molecule has 4 amide bonds. The van der Waals surface area contributed by atoms with E-state index in [4.69, 9.17) is 9.57 Å². The SMILES string of the molecule is CCCCN(CCCNC(=O)OC(C)(C)C)C(=O)CCCC(=O)ON1C(=O)CCC1=O. The molecule has 0 radical (unpaired) electrons. The molecule has 1 rings (SSSR count). The first-order valence-corrected chi connectivity index (χ1v) is 10.8. The van der Waals surface area contributed by atoms with Gasteiger partial charge in [0.1, 0.15) is 5.60 Å². The van der Waals surface area contributed by atoms with Crippen molar-refractivity contribution in [3.8, 4) is 0 Å². The van der Waals surface area contributed by atoms with E-state index < -0.39 is 29.5 Å². The molecule has 10 heteroatoms. The molecule has 0 atom stereocenters. The van der Waals surface area contributed by atoms with Crippen LogP contribution >= 0.6 is 0 Å². The number of nitrogens with zero attached hydrogens (tertiary/aromatic N) is 2. The lowest BCUT2D eigenvalue weighted by atomic mass is 10.2. The van der Waals surface area contributed by atoms with Crippen molar-refractivity contribution < 1.29 is 33.5 Å². The molecule has 1 aliphatic rings. The highest BCUT2D eigenvalue weighted by Gasteiger charge is 2.32. The number of amides is 4. The van der Waals surface area contributed by atoms with Gasteiger partial charge >= 0.3 is 12.1 Å². The summed E-state index contributed by atoms with van der Waals surface area (Å²) in [4.78, 5) is 65.5. The number of nitrogens with one attached hydrogen (secondary N) is 1. The predicted octanol–water partition coefficient (Wildman–Crippen LogP) is 2.31. The molecule has 0 aromatic heterocycles. The molecule has 0 aromatic carbocycles. The van der Waals surface area contributed by atoms with E-state index >= 15 is 0 Å². The van der Waals surface area contributed by atoms with Gasteiger partial charge in [-0.1, -0.05) is 13.3 Å². The van der Waals surface area contributed by atoms with Gasteiger partial charge in [-0.15, -0.1) is 5.06 Å². The Morgan fingerprint density at radius 1 is 1.00 bits per heavy atom.